The average molecular weight is 248 g/mol. The Morgan fingerprint density at radius 2 is 1.58 bits per heavy atom. The van der Waals surface area contributed by atoms with Crippen LogP contribution in [-0.2, 0) is 7.05 Å². The third-order valence-corrected chi connectivity index (χ3v) is 3.36. The Bertz CT molecular complexity index is 693. The van der Waals surface area contributed by atoms with Crippen LogP contribution in [0.1, 0.15) is 5.56 Å². The van der Waals surface area contributed by atoms with Gasteiger partial charge < -0.3 is 0 Å². The van der Waals surface area contributed by atoms with Crippen LogP contribution in [0.2, 0.25) is 0 Å². The molecular weight excluding hydrogens is 232 g/mol. The van der Waals surface area contributed by atoms with Gasteiger partial charge >= 0.3 is 0 Å². The lowest BCUT2D eigenvalue weighted by Gasteiger charge is -2.06. The topological polar surface area (TPSA) is 17.8 Å². The maximum Gasteiger partial charge on any atom is 0.0679 e. The fourth-order valence-corrected chi connectivity index (χ4v) is 2.26. The summed E-state index contributed by atoms with van der Waals surface area (Å²) in [6.07, 6.45) is 1.83. The largest absolute Gasteiger partial charge is 0.268 e. The summed E-state index contributed by atoms with van der Waals surface area (Å²) in [5, 5.41) is 4.22. The van der Waals surface area contributed by atoms with Gasteiger partial charge in [0.1, 0.15) is 0 Å². The summed E-state index contributed by atoms with van der Waals surface area (Å²) < 4.78 is 1.90. The van der Waals surface area contributed by atoms with Crippen LogP contribution in [-0.4, -0.2) is 9.78 Å². The van der Waals surface area contributed by atoms with Crippen molar-refractivity contribution in [3.63, 3.8) is 0 Å². The van der Waals surface area contributed by atoms with Crippen LogP contribution in [0.25, 0.3) is 22.4 Å². The molecule has 0 radical (unpaired) electrons. The Kier molecular flexibility index (Phi) is 2.92. The second-order valence-corrected chi connectivity index (χ2v) is 4.79. The molecule has 0 spiro atoms. The van der Waals surface area contributed by atoms with Crippen molar-refractivity contribution in [3.05, 3.63) is 66.4 Å². The van der Waals surface area contributed by atoms with E-state index in [0.717, 1.165) is 5.69 Å². The van der Waals surface area contributed by atoms with Crippen LogP contribution in [0.5, 0.6) is 0 Å². The van der Waals surface area contributed by atoms with E-state index in [0.29, 0.717) is 0 Å². The van der Waals surface area contributed by atoms with Gasteiger partial charge in [0, 0.05) is 18.8 Å². The third-order valence-electron chi connectivity index (χ3n) is 3.36. The summed E-state index contributed by atoms with van der Waals surface area (Å²) in [5.41, 5.74) is 6.09. The fourth-order valence-electron chi connectivity index (χ4n) is 2.26. The Hall–Kier alpha value is -2.35. The highest BCUT2D eigenvalue weighted by atomic mass is 15.2. The van der Waals surface area contributed by atoms with E-state index < -0.39 is 0 Å². The van der Waals surface area contributed by atoms with Crippen molar-refractivity contribution in [2.75, 3.05) is 0 Å². The Balaban J connectivity index is 2.05. The quantitative estimate of drug-likeness (QED) is 0.668. The smallest absolute Gasteiger partial charge is 0.0679 e. The molecule has 0 unspecified atom stereocenters. The minimum absolute atomic E-state index is 1.13. The van der Waals surface area contributed by atoms with Crippen LogP contribution >= 0.6 is 0 Å². The second kappa shape index (κ2) is 4.73. The van der Waals surface area contributed by atoms with Crippen LogP contribution in [0.3, 0.4) is 0 Å². The maximum absolute atomic E-state index is 4.22. The number of hydrogen-bond acceptors (Lipinski definition) is 1. The van der Waals surface area contributed by atoms with Gasteiger partial charge in [-0.25, -0.2) is 0 Å². The van der Waals surface area contributed by atoms with E-state index in [1.165, 1.54) is 22.3 Å². The Morgan fingerprint density at radius 3 is 2.26 bits per heavy atom. The number of hydrogen-bond donors (Lipinski definition) is 0. The Labute approximate surface area is 113 Å². The monoisotopic (exact) mass is 248 g/mol. The van der Waals surface area contributed by atoms with Crippen molar-refractivity contribution < 1.29 is 0 Å². The molecule has 0 amide bonds. The zero-order valence-corrected chi connectivity index (χ0v) is 11.2. The number of aromatic nitrogens is 2. The standard InChI is InChI=1S/C17H16N2/c1-13-6-8-14(9-7-13)15-4-3-5-16(12-15)17-10-11-18-19(17)2/h3-12H,1-2H3. The molecule has 0 atom stereocenters. The molecule has 3 aromatic rings. The highest BCUT2D eigenvalue weighted by molar-refractivity contribution is 5.71. The van der Waals surface area contributed by atoms with Gasteiger partial charge in [0.05, 0.1) is 5.69 Å². The number of benzene rings is 2. The normalized spacial score (nSPS) is 10.6. The van der Waals surface area contributed by atoms with Crippen LogP contribution in [0.15, 0.2) is 60.8 Å². The minimum Gasteiger partial charge on any atom is -0.268 e. The van der Waals surface area contributed by atoms with E-state index >= 15 is 0 Å². The fraction of sp³-hybridized carbons (Fsp3) is 0.118. The number of nitrogens with zero attached hydrogens (tertiary/aromatic N) is 2. The molecule has 0 aliphatic heterocycles. The van der Waals surface area contributed by atoms with E-state index in [2.05, 4.69) is 60.6 Å². The molecule has 0 aliphatic rings. The molecule has 0 N–H and O–H groups in total. The van der Waals surface area contributed by atoms with Crippen LogP contribution in [0.4, 0.5) is 0 Å². The lowest BCUT2D eigenvalue weighted by molar-refractivity contribution is 0.776. The van der Waals surface area contributed by atoms with Gasteiger partial charge in [-0.15, -0.1) is 0 Å². The molecule has 2 aromatic carbocycles. The predicted octanol–water partition coefficient (Wildman–Crippen LogP) is 4.06. The minimum atomic E-state index is 1.13. The van der Waals surface area contributed by atoms with Gasteiger partial charge in [0.2, 0.25) is 0 Å². The van der Waals surface area contributed by atoms with Crippen molar-refractivity contribution in [1.29, 1.82) is 0 Å². The van der Waals surface area contributed by atoms with Gasteiger partial charge in [-0.3, -0.25) is 4.68 Å². The van der Waals surface area contributed by atoms with Crippen molar-refractivity contribution in [3.8, 4) is 22.4 Å². The van der Waals surface area contributed by atoms with E-state index in [-0.39, 0.29) is 0 Å². The second-order valence-electron chi connectivity index (χ2n) is 4.79. The van der Waals surface area contributed by atoms with Crippen LogP contribution in [0, 0.1) is 6.92 Å². The molecule has 0 saturated carbocycles. The molecule has 2 heteroatoms. The van der Waals surface area contributed by atoms with E-state index in [9.17, 15) is 0 Å². The van der Waals surface area contributed by atoms with E-state index in [1.54, 1.807) is 0 Å². The molecule has 1 aromatic heterocycles. The summed E-state index contributed by atoms with van der Waals surface area (Å²) in [7, 11) is 1.97. The summed E-state index contributed by atoms with van der Waals surface area (Å²) in [6.45, 7) is 2.11. The zero-order valence-electron chi connectivity index (χ0n) is 11.2. The first-order valence-corrected chi connectivity index (χ1v) is 6.39. The average Bonchev–Trinajstić information content (AvgIpc) is 2.86. The number of aryl methyl sites for hydroxylation is 2. The first kappa shape index (κ1) is 11.7. The van der Waals surface area contributed by atoms with Crippen molar-refractivity contribution in [2.24, 2.45) is 7.05 Å². The van der Waals surface area contributed by atoms with Crippen molar-refractivity contribution >= 4 is 0 Å². The third kappa shape index (κ3) is 2.29. The Morgan fingerprint density at radius 1 is 0.842 bits per heavy atom. The first-order valence-electron chi connectivity index (χ1n) is 6.39. The van der Waals surface area contributed by atoms with Gasteiger partial charge in [0.15, 0.2) is 0 Å². The molecule has 3 rings (SSSR count). The van der Waals surface area contributed by atoms with Gasteiger partial charge in [0.25, 0.3) is 0 Å². The van der Waals surface area contributed by atoms with Crippen LogP contribution < -0.4 is 0 Å². The van der Waals surface area contributed by atoms with Gasteiger partial charge in [-0.1, -0.05) is 48.0 Å². The molecule has 2 nitrogen and oxygen atoms in total. The van der Waals surface area contributed by atoms with E-state index in [4.69, 9.17) is 0 Å². The number of rotatable bonds is 2. The molecule has 0 aliphatic carbocycles. The molecule has 0 fully saturated rings. The highest BCUT2D eigenvalue weighted by Gasteiger charge is 2.04. The van der Waals surface area contributed by atoms with Gasteiger partial charge in [-0.2, -0.15) is 5.10 Å². The molecular formula is C17H16N2. The SMILES string of the molecule is Cc1ccc(-c2cccc(-c3ccnn3C)c2)cc1. The molecule has 19 heavy (non-hydrogen) atoms. The highest BCUT2D eigenvalue weighted by Crippen LogP contribution is 2.26. The first-order chi connectivity index (χ1) is 9.24. The summed E-state index contributed by atoms with van der Waals surface area (Å²) in [4.78, 5) is 0. The lowest BCUT2D eigenvalue weighted by atomic mass is 10.0. The molecule has 0 saturated heterocycles. The van der Waals surface area contributed by atoms with Crippen molar-refractivity contribution in [1.82, 2.24) is 9.78 Å². The maximum atomic E-state index is 4.22. The molecule has 1 heterocycles. The van der Waals surface area contributed by atoms with E-state index in [1.807, 2.05) is 24.0 Å². The lowest BCUT2D eigenvalue weighted by Crippen LogP contribution is -1.93. The summed E-state index contributed by atoms with van der Waals surface area (Å²) in [6, 6.07) is 19.2. The van der Waals surface area contributed by atoms with Crippen molar-refractivity contribution in [2.45, 2.75) is 6.92 Å². The van der Waals surface area contributed by atoms with Gasteiger partial charge in [-0.05, 0) is 30.2 Å². The summed E-state index contributed by atoms with van der Waals surface area (Å²) in [5.74, 6) is 0. The summed E-state index contributed by atoms with van der Waals surface area (Å²) >= 11 is 0. The predicted molar refractivity (Wildman–Crippen MR) is 78.8 cm³/mol. The molecule has 94 valence electrons. The molecule has 0 bridgehead atoms. The zero-order chi connectivity index (χ0) is 13.2.